The minimum atomic E-state index is -0.325. The lowest BCUT2D eigenvalue weighted by Gasteiger charge is -2.31. The van der Waals surface area contributed by atoms with Crippen molar-refractivity contribution in [3.05, 3.63) is 101 Å². The van der Waals surface area contributed by atoms with Gasteiger partial charge in [-0.2, -0.15) is 0 Å². The standard InChI is InChI=1S/C28H26N2O3/c1-19-8-6-9-20(16-19)17-26-28(32)30(24-14-4-5-15-25(24)33-26)18-27(31)29-23-13-7-11-21-10-2-3-12-22(21)23/h2-6,8-10,12,14-17,23H,7,11,13,18H2,1H3,(H,29,31)/b26-17+/t23-/m0/s1. The maximum absolute atomic E-state index is 13.4. The number of para-hydroxylation sites is 2. The molecular weight excluding hydrogens is 412 g/mol. The van der Waals surface area contributed by atoms with E-state index >= 15 is 0 Å². The molecule has 2 amide bonds. The van der Waals surface area contributed by atoms with Crippen molar-refractivity contribution in [3.8, 4) is 5.75 Å². The molecule has 0 aromatic heterocycles. The number of ether oxygens (including phenoxy) is 1. The van der Waals surface area contributed by atoms with Crippen molar-refractivity contribution >= 4 is 23.6 Å². The van der Waals surface area contributed by atoms with E-state index in [9.17, 15) is 9.59 Å². The van der Waals surface area contributed by atoms with E-state index in [1.54, 1.807) is 12.1 Å². The smallest absolute Gasteiger partial charge is 0.294 e. The number of nitrogens with one attached hydrogen (secondary N) is 1. The maximum atomic E-state index is 13.4. The first-order valence-electron chi connectivity index (χ1n) is 11.3. The minimum Gasteiger partial charge on any atom is -0.449 e. The number of benzene rings is 3. The van der Waals surface area contributed by atoms with Gasteiger partial charge in [-0.1, -0.05) is 66.2 Å². The topological polar surface area (TPSA) is 58.6 Å². The average Bonchev–Trinajstić information content (AvgIpc) is 2.82. The van der Waals surface area contributed by atoms with Crippen LogP contribution in [0.25, 0.3) is 6.08 Å². The summed E-state index contributed by atoms with van der Waals surface area (Å²) in [6.07, 6.45) is 4.69. The zero-order valence-corrected chi connectivity index (χ0v) is 18.6. The van der Waals surface area contributed by atoms with Gasteiger partial charge in [-0.25, -0.2) is 0 Å². The highest BCUT2D eigenvalue weighted by molar-refractivity contribution is 6.12. The second-order valence-corrected chi connectivity index (χ2v) is 8.59. The molecule has 166 valence electrons. The molecule has 1 heterocycles. The third-order valence-electron chi connectivity index (χ3n) is 6.18. The molecule has 0 unspecified atom stereocenters. The second kappa shape index (κ2) is 8.94. The second-order valence-electron chi connectivity index (χ2n) is 8.59. The average molecular weight is 439 g/mol. The first-order chi connectivity index (χ1) is 16.1. The van der Waals surface area contributed by atoms with Gasteiger partial charge in [0.25, 0.3) is 5.91 Å². The fourth-order valence-corrected chi connectivity index (χ4v) is 4.62. The predicted molar refractivity (Wildman–Crippen MR) is 129 cm³/mol. The lowest BCUT2D eigenvalue weighted by atomic mass is 9.88. The molecule has 33 heavy (non-hydrogen) atoms. The zero-order chi connectivity index (χ0) is 22.8. The van der Waals surface area contributed by atoms with Gasteiger partial charge in [-0.15, -0.1) is 0 Å². The largest absolute Gasteiger partial charge is 0.449 e. The van der Waals surface area contributed by atoms with E-state index in [-0.39, 0.29) is 30.2 Å². The van der Waals surface area contributed by atoms with Gasteiger partial charge in [0.1, 0.15) is 6.54 Å². The Kier molecular flexibility index (Phi) is 5.69. The lowest BCUT2D eigenvalue weighted by Crippen LogP contribution is -2.45. The highest BCUT2D eigenvalue weighted by Crippen LogP contribution is 2.36. The predicted octanol–water partition coefficient (Wildman–Crippen LogP) is 4.96. The van der Waals surface area contributed by atoms with Crippen LogP contribution in [0.4, 0.5) is 5.69 Å². The molecule has 5 nitrogen and oxygen atoms in total. The third kappa shape index (κ3) is 4.40. The van der Waals surface area contributed by atoms with Gasteiger partial charge in [-0.3, -0.25) is 14.5 Å². The highest BCUT2D eigenvalue weighted by atomic mass is 16.5. The van der Waals surface area contributed by atoms with Crippen molar-refractivity contribution in [2.75, 3.05) is 11.4 Å². The number of fused-ring (bicyclic) bond motifs is 2. The van der Waals surface area contributed by atoms with Crippen LogP contribution in [-0.4, -0.2) is 18.4 Å². The molecule has 2 aliphatic rings. The molecule has 0 radical (unpaired) electrons. The number of rotatable bonds is 4. The van der Waals surface area contributed by atoms with Crippen LogP contribution in [0.2, 0.25) is 0 Å². The van der Waals surface area contributed by atoms with Crippen LogP contribution in [0.5, 0.6) is 5.75 Å². The van der Waals surface area contributed by atoms with Crippen molar-refractivity contribution < 1.29 is 14.3 Å². The van der Waals surface area contributed by atoms with Crippen molar-refractivity contribution in [3.63, 3.8) is 0 Å². The Morgan fingerprint density at radius 1 is 1.09 bits per heavy atom. The number of nitrogens with zero attached hydrogens (tertiary/aromatic N) is 1. The molecule has 1 atom stereocenters. The Morgan fingerprint density at radius 3 is 2.79 bits per heavy atom. The van der Waals surface area contributed by atoms with Crippen LogP contribution in [0, 0.1) is 6.92 Å². The third-order valence-corrected chi connectivity index (χ3v) is 6.18. The van der Waals surface area contributed by atoms with Crippen molar-refractivity contribution in [2.24, 2.45) is 0 Å². The van der Waals surface area contributed by atoms with E-state index in [1.807, 2.05) is 61.5 Å². The van der Waals surface area contributed by atoms with E-state index < -0.39 is 0 Å². The molecule has 3 aromatic rings. The van der Waals surface area contributed by atoms with Crippen LogP contribution in [-0.2, 0) is 16.0 Å². The summed E-state index contributed by atoms with van der Waals surface area (Å²) in [5, 5.41) is 3.15. The Labute approximate surface area is 193 Å². The summed E-state index contributed by atoms with van der Waals surface area (Å²) in [6, 6.07) is 23.4. The molecule has 5 heteroatoms. The van der Waals surface area contributed by atoms with E-state index in [2.05, 4.69) is 17.4 Å². The van der Waals surface area contributed by atoms with Gasteiger partial charge in [0.05, 0.1) is 11.7 Å². The van der Waals surface area contributed by atoms with Crippen molar-refractivity contribution in [1.29, 1.82) is 0 Å². The van der Waals surface area contributed by atoms with Gasteiger partial charge >= 0.3 is 0 Å². The van der Waals surface area contributed by atoms with Gasteiger partial charge in [-0.05, 0) is 61.1 Å². The molecule has 0 saturated heterocycles. The molecule has 1 N–H and O–H groups in total. The number of hydrogen-bond donors (Lipinski definition) is 1. The zero-order valence-electron chi connectivity index (χ0n) is 18.6. The van der Waals surface area contributed by atoms with Crippen LogP contribution >= 0.6 is 0 Å². The fourth-order valence-electron chi connectivity index (χ4n) is 4.62. The van der Waals surface area contributed by atoms with Crippen molar-refractivity contribution in [2.45, 2.75) is 32.2 Å². The summed E-state index contributed by atoms with van der Waals surface area (Å²) in [7, 11) is 0. The van der Waals surface area contributed by atoms with Gasteiger partial charge in [0.2, 0.25) is 5.91 Å². The molecule has 0 bridgehead atoms. The van der Waals surface area contributed by atoms with Crippen LogP contribution in [0.15, 0.2) is 78.6 Å². The number of hydrogen-bond acceptors (Lipinski definition) is 3. The quantitative estimate of drug-likeness (QED) is 0.586. The number of aryl methyl sites for hydroxylation is 2. The number of amides is 2. The molecule has 0 spiro atoms. The number of anilines is 1. The summed E-state index contributed by atoms with van der Waals surface area (Å²) >= 11 is 0. The first-order valence-corrected chi connectivity index (χ1v) is 11.3. The summed E-state index contributed by atoms with van der Waals surface area (Å²) in [4.78, 5) is 27.9. The Balaban J connectivity index is 1.40. The van der Waals surface area contributed by atoms with E-state index in [0.29, 0.717) is 11.4 Å². The van der Waals surface area contributed by atoms with Gasteiger partial charge < -0.3 is 10.1 Å². The molecule has 3 aromatic carbocycles. The molecule has 1 aliphatic carbocycles. The molecular formula is C28H26N2O3. The SMILES string of the molecule is Cc1cccc(/C=C2/Oc3ccccc3N(CC(=O)N[C@H]3CCCc4ccccc43)C2=O)c1. The van der Waals surface area contributed by atoms with E-state index in [0.717, 1.165) is 30.4 Å². The normalized spacial score (nSPS) is 18.3. The Bertz CT molecular complexity index is 1250. The highest BCUT2D eigenvalue weighted by Gasteiger charge is 2.32. The van der Waals surface area contributed by atoms with E-state index in [1.165, 1.54) is 16.0 Å². The van der Waals surface area contributed by atoms with Crippen LogP contribution in [0.1, 0.15) is 41.1 Å². The monoisotopic (exact) mass is 438 g/mol. The molecule has 5 rings (SSSR count). The summed E-state index contributed by atoms with van der Waals surface area (Å²) in [5.41, 5.74) is 5.03. The lowest BCUT2D eigenvalue weighted by molar-refractivity contribution is -0.124. The number of carbonyl (C=O) groups is 2. The Hall–Kier alpha value is -3.86. The molecule has 0 saturated carbocycles. The first kappa shape index (κ1) is 21.0. The molecule has 1 aliphatic heterocycles. The number of carbonyl (C=O) groups excluding carboxylic acids is 2. The fraction of sp³-hybridized carbons (Fsp3) is 0.214. The van der Waals surface area contributed by atoms with E-state index in [4.69, 9.17) is 4.74 Å². The van der Waals surface area contributed by atoms with Crippen molar-refractivity contribution in [1.82, 2.24) is 5.32 Å². The van der Waals surface area contributed by atoms with Gasteiger partial charge in [0.15, 0.2) is 11.5 Å². The summed E-state index contributed by atoms with van der Waals surface area (Å²) in [5.74, 6) is 0.257. The molecule has 0 fully saturated rings. The van der Waals surface area contributed by atoms with Crippen LogP contribution in [0.3, 0.4) is 0 Å². The Morgan fingerprint density at radius 2 is 1.91 bits per heavy atom. The van der Waals surface area contributed by atoms with Gasteiger partial charge in [0, 0.05) is 0 Å². The minimum absolute atomic E-state index is 0.0313. The maximum Gasteiger partial charge on any atom is 0.294 e. The van der Waals surface area contributed by atoms with Crippen LogP contribution < -0.4 is 15.0 Å². The summed E-state index contributed by atoms with van der Waals surface area (Å²) in [6.45, 7) is 1.93. The summed E-state index contributed by atoms with van der Waals surface area (Å²) < 4.78 is 5.93.